The van der Waals surface area contributed by atoms with E-state index >= 15 is 0 Å². The zero-order chi connectivity index (χ0) is 20.2. The number of unbranched alkanes of at least 4 members (excludes halogenated alkanes) is 1. The van der Waals surface area contributed by atoms with Crippen LogP contribution in [-0.2, 0) is 9.47 Å². The van der Waals surface area contributed by atoms with Crippen molar-refractivity contribution in [1.29, 1.82) is 0 Å². The fraction of sp³-hybridized carbons (Fsp3) is 0.364. The quantitative estimate of drug-likeness (QED) is 0.326. The number of carbonyl (C=O) groups is 2. The lowest BCUT2D eigenvalue weighted by molar-refractivity contribution is 0.0489. The molecule has 0 radical (unpaired) electrons. The summed E-state index contributed by atoms with van der Waals surface area (Å²) in [5.74, 6) is 0.185. The first-order valence-corrected chi connectivity index (χ1v) is 9.35. The number of methoxy groups -OCH3 is 1. The van der Waals surface area contributed by atoms with Gasteiger partial charge in [-0.3, -0.25) is 0 Å². The second-order valence-corrected chi connectivity index (χ2v) is 6.12. The summed E-state index contributed by atoms with van der Waals surface area (Å²) in [6.07, 6.45) is 2.50. The van der Waals surface area contributed by atoms with Gasteiger partial charge in [-0.15, -0.1) is 0 Å². The van der Waals surface area contributed by atoms with Crippen LogP contribution in [0.15, 0.2) is 48.5 Å². The molecule has 0 aliphatic heterocycles. The SMILES string of the molecule is CCCOc1ccc(C(=O)Oc2ccc(C(=O)OCCCCOC)cc2)cc1. The predicted molar refractivity (Wildman–Crippen MR) is 105 cm³/mol. The van der Waals surface area contributed by atoms with E-state index in [2.05, 4.69) is 0 Å². The summed E-state index contributed by atoms with van der Waals surface area (Å²) in [4.78, 5) is 24.2. The molecule has 0 amide bonds. The highest BCUT2D eigenvalue weighted by Crippen LogP contribution is 2.17. The van der Waals surface area contributed by atoms with Crippen molar-refractivity contribution in [3.05, 3.63) is 59.7 Å². The summed E-state index contributed by atoms with van der Waals surface area (Å²) >= 11 is 0. The fourth-order valence-corrected chi connectivity index (χ4v) is 2.33. The van der Waals surface area contributed by atoms with Crippen molar-refractivity contribution in [2.75, 3.05) is 26.9 Å². The largest absolute Gasteiger partial charge is 0.494 e. The second-order valence-electron chi connectivity index (χ2n) is 6.12. The molecule has 28 heavy (non-hydrogen) atoms. The van der Waals surface area contributed by atoms with Gasteiger partial charge in [0, 0.05) is 13.7 Å². The molecule has 0 aromatic heterocycles. The van der Waals surface area contributed by atoms with Crippen LogP contribution in [0.25, 0.3) is 0 Å². The van der Waals surface area contributed by atoms with Crippen LogP contribution in [0.4, 0.5) is 0 Å². The molecule has 6 heteroatoms. The van der Waals surface area contributed by atoms with Crippen LogP contribution < -0.4 is 9.47 Å². The Morgan fingerprint density at radius 3 is 1.93 bits per heavy atom. The van der Waals surface area contributed by atoms with E-state index in [1.165, 1.54) is 0 Å². The molecule has 0 spiro atoms. The molecule has 2 aromatic rings. The zero-order valence-electron chi connectivity index (χ0n) is 16.3. The molecule has 2 rings (SSSR count). The maximum atomic E-state index is 12.2. The average Bonchev–Trinajstić information content (AvgIpc) is 2.72. The van der Waals surface area contributed by atoms with Gasteiger partial charge < -0.3 is 18.9 Å². The number of ether oxygens (including phenoxy) is 4. The molecule has 0 saturated heterocycles. The Hall–Kier alpha value is -2.86. The topological polar surface area (TPSA) is 71.1 Å². The van der Waals surface area contributed by atoms with Gasteiger partial charge in [0.05, 0.1) is 24.3 Å². The molecule has 0 saturated carbocycles. The van der Waals surface area contributed by atoms with Crippen LogP contribution in [0.5, 0.6) is 11.5 Å². The lowest BCUT2D eigenvalue weighted by Gasteiger charge is -2.08. The minimum absolute atomic E-state index is 0.344. The Bertz CT molecular complexity index is 737. The summed E-state index contributed by atoms with van der Waals surface area (Å²) in [5, 5.41) is 0. The van der Waals surface area contributed by atoms with E-state index in [1.54, 1.807) is 55.6 Å². The molecule has 0 bridgehead atoms. The molecule has 0 heterocycles. The van der Waals surface area contributed by atoms with Gasteiger partial charge in [0.1, 0.15) is 11.5 Å². The lowest BCUT2D eigenvalue weighted by Crippen LogP contribution is -2.09. The van der Waals surface area contributed by atoms with E-state index in [0.717, 1.165) is 19.3 Å². The summed E-state index contributed by atoms with van der Waals surface area (Å²) in [5.41, 5.74) is 0.826. The van der Waals surface area contributed by atoms with Crippen LogP contribution in [0, 0.1) is 0 Å². The predicted octanol–water partition coefficient (Wildman–Crippen LogP) is 4.28. The minimum atomic E-state index is -0.476. The number of carbonyl (C=O) groups excluding carboxylic acids is 2. The molecule has 0 unspecified atom stereocenters. The van der Waals surface area contributed by atoms with E-state index in [0.29, 0.717) is 42.4 Å². The van der Waals surface area contributed by atoms with Crippen LogP contribution in [0.1, 0.15) is 46.9 Å². The molecule has 0 N–H and O–H groups in total. The van der Waals surface area contributed by atoms with Gasteiger partial charge in [-0.2, -0.15) is 0 Å². The highest BCUT2D eigenvalue weighted by Gasteiger charge is 2.11. The maximum absolute atomic E-state index is 12.2. The maximum Gasteiger partial charge on any atom is 0.343 e. The Morgan fingerprint density at radius 2 is 1.32 bits per heavy atom. The highest BCUT2D eigenvalue weighted by molar-refractivity contribution is 5.92. The molecule has 2 aromatic carbocycles. The van der Waals surface area contributed by atoms with Crippen molar-refractivity contribution in [2.24, 2.45) is 0 Å². The van der Waals surface area contributed by atoms with E-state index in [4.69, 9.17) is 18.9 Å². The van der Waals surface area contributed by atoms with E-state index in [1.807, 2.05) is 6.92 Å². The monoisotopic (exact) mass is 386 g/mol. The molecule has 150 valence electrons. The van der Waals surface area contributed by atoms with E-state index in [-0.39, 0.29) is 0 Å². The minimum Gasteiger partial charge on any atom is -0.494 e. The van der Waals surface area contributed by atoms with E-state index in [9.17, 15) is 9.59 Å². The van der Waals surface area contributed by atoms with Gasteiger partial charge in [0.2, 0.25) is 0 Å². The Balaban J connectivity index is 1.84. The van der Waals surface area contributed by atoms with Gasteiger partial charge >= 0.3 is 11.9 Å². The van der Waals surface area contributed by atoms with Gasteiger partial charge in [-0.1, -0.05) is 6.92 Å². The molecule has 0 fully saturated rings. The Labute approximate surface area is 165 Å². The standard InChI is InChI=1S/C22H26O6/c1-3-14-26-19-10-6-18(7-11-19)22(24)28-20-12-8-17(9-13-20)21(23)27-16-5-4-15-25-2/h6-13H,3-5,14-16H2,1-2H3. The average molecular weight is 386 g/mol. The summed E-state index contributed by atoms with van der Waals surface area (Å²) in [6, 6.07) is 13.1. The summed E-state index contributed by atoms with van der Waals surface area (Å²) in [6.45, 7) is 3.65. The van der Waals surface area contributed by atoms with Gasteiger partial charge in [-0.25, -0.2) is 9.59 Å². The van der Waals surface area contributed by atoms with E-state index < -0.39 is 11.9 Å². The first-order valence-electron chi connectivity index (χ1n) is 9.35. The lowest BCUT2D eigenvalue weighted by atomic mass is 10.2. The number of hydrogen-bond acceptors (Lipinski definition) is 6. The van der Waals surface area contributed by atoms with Crippen LogP contribution in [-0.4, -0.2) is 38.9 Å². The highest BCUT2D eigenvalue weighted by atomic mass is 16.5. The molecule has 0 aliphatic carbocycles. The molecular formula is C22H26O6. The smallest absolute Gasteiger partial charge is 0.343 e. The number of rotatable bonds is 11. The number of esters is 2. The third kappa shape index (κ3) is 7.04. The number of hydrogen-bond donors (Lipinski definition) is 0. The third-order valence-electron chi connectivity index (χ3n) is 3.84. The Kier molecular flexibility index (Phi) is 9.01. The first-order chi connectivity index (χ1) is 13.6. The van der Waals surface area contributed by atoms with Gasteiger partial charge in [0.15, 0.2) is 0 Å². The summed E-state index contributed by atoms with van der Waals surface area (Å²) in [7, 11) is 1.64. The van der Waals surface area contributed by atoms with Crippen LogP contribution in [0.3, 0.4) is 0 Å². The Morgan fingerprint density at radius 1 is 0.750 bits per heavy atom. The normalized spacial score (nSPS) is 10.4. The van der Waals surface area contributed by atoms with Crippen molar-refractivity contribution in [3.63, 3.8) is 0 Å². The fourth-order valence-electron chi connectivity index (χ4n) is 2.33. The van der Waals surface area contributed by atoms with Crippen molar-refractivity contribution in [3.8, 4) is 11.5 Å². The molecular weight excluding hydrogens is 360 g/mol. The van der Waals surface area contributed by atoms with Crippen molar-refractivity contribution in [2.45, 2.75) is 26.2 Å². The van der Waals surface area contributed by atoms with Crippen molar-refractivity contribution < 1.29 is 28.5 Å². The molecule has 0 aliphatic rings. The first kappa shape index (κ1) is 21.4. The third-order valence-corrected chi connectivity index (χ3v) is 3.84. The second kappa shape index (κ2) is 11.8. The van der Waals surface area contributed by atoms with Gasteiger partial charge in [-0.05, 0) is 67.8 Å². The molecule has 6 nitrogen and oxygen atoms in total. The zero-order valence-corrected chi connectivity index (χ0v) is 16.3. The van der Waals surface area contributed by atoms with Crippen LogP contribution in [0.2, 0.25) is 0 Å². The van der Waals surface area contributed by atoms with Crippen molar-refractivity contribution >= 4 is 11.9 Å². The number of benzene rings is 2. The van der Waals surface area contributed by atoms with Crippen molar-refractivity contribution in [1.82, 2.24) is 0 Å². The molecule has 0 atom stereocenters. The van der Waals surface area contributed by atoms with Gasteiger partial charge in [0.25, 0.3) is 0 Å². The van der Waals surface area contributed by atoms with Crippen LogP contribution >= 0.6 is 0 Å². The summed E-state index contributed by atoms with van der Waals surface area (Å²) < 4.78 is 21.0.